The predicted molar refractivity (Wildman–Crippen MR) is 80.0 cm³/mol. The molecule has 0 aromatic heterocycles. The molecule has 1 aromatic carbocycles. The van der Waals surface area contributed by atoms with Crippen LogP contribution in [0.1, 0.15) is 26.7 Å². The smallest absolute Gasteiger partial charge is 0.257 e. The summed E-state index contributed by atoms with van der Waals surface area (Å²) in [7, 11) is 0. The number of aliphatic hydroxyl groups excluding tert-OH is 1. The number of rotatable bonds is 8. The maximum absolute atomic E-state index is 12.9. The fourth-order valence-electron chi connectivity index (χ4n) is 1.77. The minimum Gasteiger partial charge on any atom is -0.482 e. The molecule has 0 atom stereocenters. The van der Waals surface area contributed by atoms with Gasteiger partial charge in [-0.05, 0) is 36.5 Å². The van der Waals surface area contributed by atoms with Gasteiger partial charge in [0.05, 0.1) is 5.02 Å². The molecule has 0 aliphatic heterocycles. The van der Waals surface area contributed by atoms with Gasteiger partial charge in [0, 0.05) is 13.2 Å². The Labute approximate surface area is 129 Å². The summed E-state index contributed by atoms with van der Waals surface area (Å²) in [5, 5.41) is 11.7. The number of amides is 1. The number of ether oxygens (including phenoxy) is 1. The number of benzene rings is 1. The van der Waals surface area contributed by atoms with Gasteiger partial charge in [-0.1, -0.05) is 25.4 Å². The molecular weight excluding hydrogens is 297 g/mol. The van der Waals surface area contributed by atoms with Gasteiger partial charge in [-0.2, -0.15) is 0 Å². The molecule has 0 aliphatic carbocycles. The quantitative estimate of drug-likeness (QED) is 0.775. The zero-order chi connectivity index (χ0) is 15.9. The first-order chi connectivity index (χ1) is 9.84. The molecule has 2 N–H and O–H groups in total. The molecule has 0 aliphatic rings. The van der Waals surface area contributed by atoms with E-state index in [9.17, 15) is 9.18 Å². The van der Waals surface area contributed by atoms with Gasteiger partial charge in [-0.3, -0.25) is 4.79 Å². The molecular formula is C15H21ClFNO3. The number of halogens is 2. The van der Waals surface area contributed by atoms with Crippen molar-refractivity contribution in [2.45, 2.75) is 26.7 Å². The fourth-order valence-corrected chi connectivity index (χ4v) is 1.99. The van der Waals surface area contributed by atoms with Crippen molar-refractivity contribution in [1.29, 1.82) is 0 Å². The molecule has 6 heteroatoms. The van der Waals surface area contributed by atoms with Gasteiger partial charge in [-0.15, -0.1) is 0 Å². The van der Waals surface area contributed by atoms with Gasteiger partial charge in [0.15, 0.2) is 6.61 Å². The molecule has 0 spiro atoms. The van der Waals surface area contributed by atoms with Crippen LogP contribution in [0.15, 0.2) is 18.2 Å². The first-order valence-corrected chi connectivity index (χ1v) is 7.17. The monoisotopic (exact) mass is 317 g/mol. The van der Waals surface area contributed by atoms with Crippen LogP contribution in [0.2, 0.25) is 5.02 Å². The normalized spacial score (nSPS) is 11.3. The van der Waals surface area contributed by atoms with E-state index < -0.39 is 5.82 Å². The Bertz CT molecular complexity index is 480. The van der Waals surface area contributed by atoms with Crippen molar-refractivity contribution in [1.82, 2.24) is 5.32 Å². The van der Waals surface area contributed by atoms with E-state index in [2.05, 4.69) is 5.32 Å². The van der Waals surface area contributed by atoms with Crippen molar-refractivity contribution >= 4 is 17.5 Å². The summed E-state index contributed by atoms with van der Waals surface area (Å²) in [6, 6.07) is 3.74. The second kappa shape index (κ2) is 8.20. The van der Waals surface area contributed by atoms with Crippen LogP contribution in [0.4, 0.5) is 4.39 Å². The number of hydrogen-bond donors (Lipinski definition) is 2. The zero-order valence-electron chi connectivity index (χ0n) is 12.3. The van der Waals surface area contributed by atoms with Crippen LogP contribution in [0.25, 0.3) is 0 Å². The van der Waals surface area contributed by atoms with Gasteiger partial charge >= 0.3 is 0 Å². The Morgan fingerprint density at radius 1 is 1.48 bits per heavy atom. The van der Waals surface area contributed by atoms with Crippen LogP contribution < -0.4 is 10.1 Å². The summed E-state index contributed by atoms with van der Waals surface area (Å²) in [4.78, 5) is 11.7. The molecule has 0 radical (unpaired) electrons. The first kappa shape index (κ1) is 17.7. The zero-order valence-corrected chi connectivity index (χ0v) is 13.0. The summed E-state index contributed by atoms with van der Waals surface area (Å²) in [6.07, 6.45) is 1.51. The molecule has 0 saturated heterocycles. The fraction of sp³-hybridized carbons (Fsp3) is 0.533. The van der Waals surface area contributed by atoms with Gasteiger partial charge in [0.2, 0.25) is 0 Å². The minimum absolute atomic E-state index is 0.0914. The molecule has 118 valence electrons. The number of hydrogen-bond acceptors (Lipinski definition) is 3. The number of aliphatic hydroxyl groups is 1. The number of nitrogens with one attached hydrogen (secondary N) is 1. The average Bonchev–Trinajstić information content (AvgIpc) is 2.42. The third-order valence-corrected chi connectivity index (χ3v) is 3.32. The van der Waals surface area contributed by atoms with Crippen molar-refractivity contribution in [3.05, 3.63) is 29.0 Å². The van der Waals surface area contributed by atoms with E-state index in [4.69, 9.17) is 21.4 Å². The lowest BCUT2D eigenvalue weighted by molar-refractivity contribution is -0.123. The van der Waals surface area contributed by atoms with Crippen LogP contribution >= 0.6 is 11.6 Å². The van der Waals surface area contributed by atoms with Crippen LogP contribution in [-0.2, 0) is 4.79 Å². The molecule has 1 amide bonds. The minimum atomic E-state index is -0.456. The van der Waals surface area contributed by atoms with Gasteiger partial charge in [0.1, 0.15) is 11.6 Å². The molecule has 0 heterocycles. The SMILES string of the molecule is CC(C)(CCCO)CNC(=O)COc1ccc(F)cc1Cl. The average molecular weight is 318 g/mol. The molecule has 0 bridgehead atoms. The van der Waals surface area contributed by atoms with E-state index in [1.54, 1.807) is 0 Å². The highest BCUT2D eigenvalue weighted by atomic mass is 35.5. The first-order valence-electron chi connectivity index (χ1n) is 6.79. The largest absolute Gasteiger partial charge is 0.482 e. The summed E-state index contributed by atoms with van der Waals surface area (Å²) >= 11 is 5.80. The Balaban J connectivity index is 2.37. The lowest BCUT2D eigenvalue weighted by Gasteiger charge is -2.24. The lowest BCUT2D eigenvalue weighted by atomic mass is 9.88. The molecule has 21 heavy (non-hydrogen) atoms. The van der Waals surface area contributed by atoms with Crippen molar-refractivity contribution in [3.63, 3.8) is 0 Å². The van der Waals surface area contributed by atoms with Crippen LogP contribution in [0, 0.1) is 11.2 Å². The van der Waals surface area contributed by atoms with E-state index in [-0.39, 0.29) is 35.3 Å². The van der Waals surface area contributed by atoms with E-state index in [0.717, 1.165) is 12.5 Å². The van der Waals surface area contributed by atoms with Crippen LogP contribution in [0.3, 0.4) is 0 Å². The van der Waals surface area contributed by atoms with E-state index in [1.807, 2.05) is 13.8 Å². The summed E-state index contributed by atoms with van der Waals surface area (Å²) < 4.78 is 18.1. The third-order valence-electron chi connectivity index (χ3n) is 3.03. The van der Waals surface area contributed by atoms with Crippen molar-refractivity contribution in [2.75, 3.05) is 19.8 Å². The second-order valence-electron chi connectivity index (χ2n) is 5.63. The Kier molecular flexibility index (Phi) is 6.92. The van der Waals surface area contributed by atoms with Crippen LogP contribution in [-0.4, -0.2) is 30.8 Å². The third kappa shape index (κ3) is 6.78. The van der Waals surface area contributed by atoms with E-state index in [1.165, 1.54) is 12.1 Å². The van der Waals surface area contributed by atoms with Crippen LogP contribution in [0.5, 0.6) is 5.75 Å². The predicted octanol–water partition coefficient (Wildman–Crippen LogP) is 2.77. The van der Waals surface area contributed by atoms with Crippen molar-refractivity contribution in [3.8, 4) is 5.75 Å². The van der Waals surface area contributed by atoms with Crippen molar-refractivity contribution in [2.24, 2.45) is 5.41 Å². The highest BCUT2D eigenvalue weighted by Crippen LogP contribution is 2.24. The summed E-state index contributed by atoms with van der Waals surface area (Å²) in [6.45, 7) is 4.48. The molecule has 1 aromatic rings. The standard InChI is InChI=1S/C15H21ClFNO3/c1-15(2,6-3-7-19)10-18-14(20)9-21-13-5-4-11(17)8-12(13)16/h4-5,8,19H,3,6-7,9-10H2,1-2H3,(H,18,20). The highest BCUT2D eigenvalue weighted by molar-refractivity contribution is 6.32. The topological polar surface area (TPSA) is 58.6 Å². The second-order valence-corrected chi connectivity index (χ2v) is 6.04. The summed E-state index contributed by atoms with van der Waals surface area (Å²) in [5.74, 6) is -0.456. The number of carbonyl (C=O) groups excluding carboxylic acids is 1. The molecule has 1 rings (SSSR count). The number of carbonyl (C=O) groups is 1. The Hall–Kier alpha value is -1.33. The maximum Gasteiger partial charge on any atom is 0.257 e. The molecule has 0 saturated carbocycles. The molecule has 0 fully saturated rings. The Morgan fingerprint density at radius 3 is 2.81 bits per heavy atom. The van der Waals surface area contributed by atoms with Gasteiger partial charge in [0.25, 0.3) is 5.91 Å². The highest BCUT2D eigenvalue weighted by Gasteiger charge is 2.18. The lowest BCUT2D eigenvalue weighted by Crippen LogP contribution is -2.36. The molecule has 4 nitrogen and oxygen atoms in total. The van der Waals surface area contributed by atoms with Crippen molar-refractivity contribution < 1.29 is 19.0 Å². The summed E-state index contributed by atoms with van der Waals surface area (Å²) in [5.41, 5.74) is -0.0914. The van der Waals surface area contributed by atoms with E-state index >= 15 is 0 Å². The maximum atomic E-state index is 12.9. The molecule has 0 unspecified atom stereocenters. The van der Waals surface area contributed by atoms with E-state index in [0.29, 0.717) is 13.0 Å². The van der Waals surface area contributed by atoms with Gasteiger partial charge < -0.3 is 15.2 Å². The Morgan fingerprint density at radius 2 is 2.19 bits per heavy atom. The van der Waals surface area contributed by atoms with Gasteiger partial charge in [-0.25, -0.2) is 4.39 Å².